The van der Waals surface area contributed by atoms with Crippen molar-refractivity contribution in [1.29, 1.82) is 0 Å². The van der Waals surface area contributed by atoms with E-state index in [4.69, 9.17) is 10.5 Å². The van der Waals surface area contributed by atoms with Gasteiger partial charge in [-0.25, -0.2) is 0 Å². The van der Waals surface area contributed by atoms with Crippen molar-refractivity contribution < 1.29 is 9.53 Å². The van der Waals surface area contributed by atoms with Gasteiger partial charge in [0.1, 0.15) is 5.54 Å². The molecule has 0 spiro atoms. The Balaban J connectivity index is 2.65. The van der Waals surface area contributed by atoms with Gasteiger partial charge in [-0.1, -0.05) is 13.8 Å². The van der Waals surface area contributed by atoms with Gasteiger partial charge in [-0.05, 0) is 25.8 Å². The summed E-state index contributed by atoms with van der Waals surface area (Å²) in [6, 6.07) is 0. The zero-order chi connectivity index (χ0) is 11.5. The minimum atomic E-state index is -0.554. The van der Waals surface area contributed by atoms with Crippen LogP contribution in [0.3, 0.4) is 0 Å². The van der Waals surface area contributed by atoms with E-state index in [2.05, 4.69) is 19.2 Å². The smallest absolute Gasteiger partial charge is 0.237 e. The number of primary amides is 1. The Morgan fingerprint density at radius 1 is 1.67 bits per heavy atom. The standard InChI is InChI=1S/C11H22N2O2/c1-8(2)7-13-11(10(12)14)4-5-15-9(3)6-11/h8-9,13H,4-7H2,1-3H3,(H2,12,14). The van der Waals surface area contributed by atoms with Crippen molar-refractivity contribution in [1.82, 2.24) is 5.32 Å². The second-order valence-corrected chi connectivity index (χ2v) is 4.86. The first-order valence-electron chi connectivity index (χ1n) is 5.63. The number of nitrogens with one attached hydrogen (secondary N) is 1. The molecule has 0 aromatic heterocycles. The van der Waals surface area contributed by atoms with Crippen LogP contribution in [0.5, 0.6) is 0 Å². The topological polar surface area (TPSA) is 64.3 Å². The summed E-state index contributed by atoms with van der Waals surface area (Å²) in [5.74, 6) is 0.262. The van der Waals surface area contributed by atoms with Crippen molar-refractivity contribution in [2.75, 3.05) is 13.2 Å². The first kappa shape index (κ1) is 12.5. The fraction of sp³-hybridized carbons (Fsp3) is 0.909. The maximum atomic E-state index is 11.5. The van der Waals surface area contributed by atoms with E-state index in [-0.39, 0.29) is 12.0 Å². The minimum Gasteiger partial charge on any atom is -0.378 e. The van der Waals surface area contributed by atoms with Crippen molar-refractivity contribution in [2.24, 2.45) is 11.7 Å². The molecule has 0 aliphatic carbocycles. The van der Waals surface area contributed by atoms with E-state index in [1.807, 2.05) is 6.92 Å². The summed E-state index contributed by atoms with van der Waals surface area (Å²) in [5.41, 5.74) is 4.94. The SMILES string of the molecule is CC(C)CNC1(C(N)=O)CCOC(C)C1. The lowest BCUT2D eigenvalue weighted by molar-refractivity contribution is -0.131. The van der Waals surface area contributed by atoms with Crippen LogP contribution in [-0.4, -0.2) is 30.7 Å². The van der Waals surface area contributed by atoms with Gasteiger partial charge in [-0.15, -0.1) is 0 Å². The summed E-state index contributed by atoms with van der Waals surface area (Å²) >= 11 is 0. The van der Waals surface area contributed by atoms with Crippen LogP contribution in [0.1, 0.15) is 33.6 Å². The summed E-state index contributed by atoms with van der Waals surface area (Å²) in [6.07, 6.45) is 1.46. The molecule has 15 heavy (non-hydrogen) atoms. The number of amides is 1. The predicted molar refractivity (Wildman–Crippen MR) is 59.4 cm³/mol. The molecule has 88 valence electrons. The summed E-state index contributed by atoms with van der Waals surface area (Å²) < 4.78 is 5.44. The van der Waals surface area contributed by atoms with Crippen LogP contribution in [0.2, 0.25) is 0 Å². The molecule has 2 atom stereocenters. The fourth-order valence-corrected chi connectivity index (χ4v) is 1.96. The third kappa shape index (κ3) is 3.18. The zero-order valence-corrected chi connectivity index (χ0v) is 9.88. The molecule has 0 saturated carbocycles. The molecule has 2 unspecified atom stereocenters. The van der Waals surface area contributed by atoms with Crippen LogP contribution in [0.4, 0.5) is 0 Å². The molecule has 1 aliphatic rings. The zero-order valence-electron chi connectivity index (χ0n) is 9.88. The molecule has 1 aliphatic heterocycles. The maximum absolute atomic E-state index is 11.5. The van der Waals surface area contributed by atoms with Gasteiger partial charge in [0.15, 0.2) is 0 Å². The molecule has 3 N–H and O–H groups in total. The van der Waals surface area contributed by atoms with Crippen LogP contribution in [0.25, 0.3) is 0 Å². The van der Waals surface area contributed by atoms with E-state index in [9.17, 15) is 4.79 Å². The lowest BCUT2D eigenvalue weighted by Gasteiger charge is -2.38. The largest absolute Gasteiger partial charge is 0.378 e. The molecule has 0 aromatic carbocycles. The number of carbonyl (C=O) groups excluding carboxylic acids is 1. The second-order valence-electron chi connectivity index (χ2n) is 4.86. The van der Waals surface area contributed by atoms with E-state index in [0.717, 1.165) is 6.54 Å². The maximum Gasteiger partial charge on any atom is 0.237 e. The van der Waals surface area contributed by atoms with E-state index >= 15 is 0 Å². The van der Waals surface area contributed by atoms with Crippen LogP contribution >= 0.6 is 0 Å². The molecule has 4 heteroatoms. The van der Waals surface area contributed by atoms with Gasteiger partial charge < -0.3 is 15.8 Å². The van der Waals surface area contributed by atoms with Crippen molar-refractivity contribution in [2.45, 2.75) is 45.3 Å². The van der Waals surface area contributed by atoms with Gasteiger partial charge in [0.05, 0.1) is 6.10 Å². The minimum absolute atomic E-state index is 0.103. The first-order chi connectivity index (χ1) is 6.96. The number of nitrogens with two attached hydrogens (primary N) is 1. The Morgan fingerprint density at radius 2 is 2.33 bits per heavy atom. The highest BCUT2D eigenvalue weighted by atomic mass is 16.5. The quantitative estimate of drug-likeness (QED) is 0.722. The van der Waals surface area contributed by atoms with Crippen LogP contribution in [-0.2, 0) is 9.53 Å². The number of carbonyl (C=O) groups is 1. The van der Waals surface area contributed by atoms with Crippen molar-refractivity contribution in [3.63, 3.8) is 0 Å². The van der Waals surface area contributed by atoms with E-state index in [1.54, 1.807) is 0 Å². The van der Waals surface area contributed by atoms with Gasteiger partial charge in [0.2, 0.25) is 5.91 Å². The lowest BCUT2D eigenvalue weighted by Crippen LogP contribution is -2.60. The van der Waals surface area contributed by atoms with Gasteiger partial charge in [0.25, 0.3) is 0 Å². The van der Waals surface area contributed by atoms with Gasteiger partial charge in [0, 0.05) is 13.0 Å². The Morgan fingerprint density at radius 3 is 2.80 bits per heavy atom. The Bertz CT molecular complexity index is 231. The van der Waals surface area contributed by atoms with Crippen molar-refractivity contribution in [3.05, 3.63) is 0 Å². The molecule has 1 saturated heterocycles. The lowest BCUT2D eigenvalue weighted by atomic mass is 9.86. The molecule has 1 amide bonds. The highest BCUT2D eigenvalue weighted by molar-refractivity contribution is 5.84. The van der Waals surface area contributed by atoms with E-state index in [1.165, 1.54) is 0 Å². The third-order valence-electron chi connectivity index (χ3n) is 2.89. The highest BCUT2D eigenvalue weighted by Gasteiger charge is 2.40. The molecule has 0 bridgehead atoms. The van der Waals surface area contributed by atoms with Gasteiger partial charge in [-0.2, -0.15) is 0 Å². The molecule has 1 fully saturated rings. The Kier molecular flexibility index (Phi) is 4.11. The predicted octanol–water partition coefficient (Wildman–Crippen LogP) is 0.655. The summed E-state index contributed by atoms with van der Waals surface area (Å²) in [5, 5.41) is 3.31. The van der Waals surface area contributed by atoms with Crippen molar-refractivity contribution >= 4 is 5.91 Å². The molecule has 0 radical (unpaired) electrons. The monoisotopic (exact) mass is 214 g/mol. The summed E-state index contributed by atoms with van der Waals surface area (Å²) in [6.45, 7) is 7.63. The van der Waals surface area contributed by atoms with Gasteiger partial charge >= 0.3 is 0 Å². The number of hydrogen-bond donors (Lipinski definition) is 2. The van der Waals surface area contributed by atoms with E-state index in [0.29, 0.717) is 25.4 Å². The Labute approximate surface area is 91.5 Å². The van der Waals surface area contributed by atoms with Gasteiger partial charge in [-0.3, -0.25) is 4.79 Å². The Hall–Kier alpha value is -0.610. The molecule has 1 heterocycles. The normalized spacial score (nSPS) is 31.9. The summed E-state index contributed by atoms with van der Waals surface area (Å²) in [7, 11) is 0. The highest BCUT2D eigenvalue weighted by Crippen LogP contribution is 2.24. The molecular formula is C11H22N2O2. The summed E-state index contributed by atoms with van der Waals surface area (Å²) in [4.78, 5) is 11.5. The number of ether oxygens (including phenoxy) is 1. The average Bonchev–Trinajstić information content (AvgIpc) is 2.14. The second kappa shape index (κ2) is 4.94. The third-order valence-corrected chi connectivity index (χ3v) is 2.89. The molecular weight excluding hydrogens is 192 g/mol. The van der Waals surface area contributed by atoms with E-state index < -0.39 is 5.54 Å². The molecule has 0 aromatic rings. The number of rotatable bonds is 4. The number of hydrogen-bond acceptors (Lipinski definition) is 3. The fourth-order valence-electron chi connectivity index (χ4n) is 1.96. The van der Waals surface area contributed by atoms with Crippen LogP contribution < -0.4 is 11.1 Å². The van der Waals surface area contributed by atoms with Crippen LogP contribution in [0.15, 0.2) is 0 Å². The average molecular weight is 214 g/mol. The van der Waals surface area contributed by atoms with Crippen LogP contribution in [0, 0.1) is 5.92 Å². The van der Waals surface area contributed by atoms with Crippen molar-refractivity contribution in [3.8, 4) is 0 Å². The molecule has 4 nitrogen and oxygen atoms in total. The first-order valence-corrected chi connectivity index (χ1v) is 5.63. The molecule has 1 rings (SSSR count).